The van der Waals surface area contributed by atoms with Gasteiger partial charge >= 0.3 is 12.1 Å². The van der Waals surface area contributed by atoms with E-state index in [0.29, 0.717) is 40.6 Å². The second kappa shape index (κ2) is 12.8. The van der Waals surface area contributed by atoms with Gasteiger partial charge in [-0.15, -0.1) is 0 Å². The zero-order valence-electron chi connectivity index (χ0n) is 23.2. The summed E-state index contributed by atoms with van der Waals surface area (Å²) in [7, 11) is 1.35. The van der Waals surface area contributed by atoms with Gasteiger partial charge in [0.15, 0.2) is 0 Å². The van der Waals surface area contributed by atoms with Gasteiger partial charge in [-0.25, -0.2) is 9.78 Å². The SMILES string of the molecule is COC(=O)c1ccc(Cn2cc(-c3ccc(Cl)cc3Cl)nc2/C=C/c2ccc(-c3ccc(OC(C)(F)F)cc3)cc2)cc1. The lowest BCUT2D eigenvalue weighted by molar-refractivity contribution is -0.158. The van der Waals surface area contributed by atoms with E-state index in [9.17, 15) is 13.6 Å². The molecule has 5 nitrogen and oxygen atoms in total. The molecule has 0 spiro atoms. The molecule has 5 aromatic rings. The minimum atomic E-state index is -3.23. The molecule has 0 aliphatic rings. The molecule has 0 aliphatic carbocycles. The van der Waals surface area contributed by atoms with Crippen LogP contribution in [0.4, 0.5) is 8.78 Å². The van der Waals surface area contributed by atoms with Crippen molar-refractivity contribution >= 4 is 41.3 Å². The number of benzene rings is 4. The van der Waals surface area contributed by atoms with E-state index in [0.717, 1.165) is 27.8 Å². The van der Waals surface area contributed by atoms with Crippen molar-refractivity contribution in [1.82, 2.24) is 9.55 Å². The van der Waals surface area contributed by atoms with Crippen LogP contribution in [0, 0.1) is 0 Å². The van der Waals surface area contributed by atoms with Crippen molar-refractivity contribution < 1.29 is 23.0 Å². The number of alkyl halides is 2. The van der Waals surface area contributed by atoms with Crippen LogP contribution in [0.3, 0.4) is 0 Å². The summed E-state index contributed by atoms with van der Waals surface area (Å²) < 4.78 is 37.6. The van der Waals surface area contributed by atoms with Gasteiger partial charge in [0.2, 0.25) is 0 Å². The number of halogens is 4. The second-order valence-electron chi connectivity index (χ2n) is 9.81. The number of ether oxygens (including phenoxy) is 2. The molecule has 0 saturated carbocycles. The molecule has 1 aromatic heterocycles. The molecule has 43 heavy (non-hydrogen) atoms. The van der Waals surface area contributed by atoms with E-state index in [1.807, 2.05) is 65.4 Å². The molecule has 1 heterocycles. The molecule has 0 N–H and O–H groups in total. The van der Waals surface area contributed by atoms with Crippen LogP contribution in [0.25, 0.3) is 34.5 Å². The van der Waals surface area contributed by atoms with Gasteiger partial charge in [-0.2, -0.15) is 8.78 Å². The average Bonchev–Trinajstić information content (AvgIpc) is 3.38. The summed E-state index contributed by atoms with van der Waals surface area (Å²) in [6.45, 7) is 1.21. The van der Waals surface area contributed by atoms with Crippen LogP contribution in [0.2, 0.25) is 10.0 Å². The standard InChI is InChI=1S/C34H26Cl2F2N2O3/c1-34(37,38)43-28-15-12-25(13-16-28)24-8-3-22(4-9-24)7-18-32-39-31(29-17-14-27(35)19-30(29)36)21-40(32)20-23-5-10-26(11-6-23)33(41)42-2/h3-19,21H,20H2,1-2H3/b18-7+. The van der Waals surface area contributed by atoms with Crippen LogP contribution in [0.5, 0.6) is 5.75 Å². The molecule has 9 heteroatoms. The summed E-state index contributed by atoms with van der Waals surface area (Å²) in [5.41, 5.74) is 5.64. The number of methoxy groups -OCH3 is 1. The number of carbonyl (C=O) groups excluding carboxylic acids is 1. The minimum Gasteiger partial charge on any atom is -0.465 e. The Morgan fingerprint density at radius 3 is 2.16 bits per heavy atom. The molecule has 0 aliphatic heterocycles. The van der Waals surface area contributed by atoms with Gasteiger partial charge < -0.3 is 14.0 Å². The van der Waals surface area contributed by atoms with Crippen LogP contribution >= 0.6 is 23.2 Å². The summed E-state index contributed by atoms with van der Waals surface area (Å²) in [5.74, 6) is 0.408. The van der Waals surface area contributed by atoms with E-state index < -0.39 is 12.1 Å². The fraction of sp³-hybridized carbons (Fsp3) is 0.118. The molecule has 0 radical (unpaired) electrons. The molecule has 5 rings (SSSR count). The molecular weight excluding hydrogens is 593 g/mol. The summed E-state index contributed by atoms with van der Waals surface area (Å²) >= 11 is 12.6. The third kappa shape index (κ3) is 7.69. The average molecular weight is 619 g/mol. The summed E-state index contributed by atoms with van der Waals surface area (Å²) in [6.07, 6.45) is 2.56. The fourth-order valence-corrected chi connectivity index (χ4v) is 4.96. The highest BCUT2D eigenvalue weighted by atomic mass is 35.5. The first kappa shape index (κ1) is 30.0. The smallest absolute Gasteiger partial charge is 0.394 e. The number of carbonyl (C=O) groups is 1. The quantitative estimate of drug-likeness (QED) is 0.154. The number of esters is 1. The van der Waals surface area contributed by atoms with Crippen molar-refractivity contribution in [1.29, 1.82) is 0 Å². The van der Waals surface area contributed by atoms with Crippen LogP contribution in [0.15, 0.2) is 97.2 Å². The van der Waals surface area contributed by atoms with Gasteiger partial charge in [-0.1, -0.05) is 77.8 Å². The number of hydrogen-bond donors (Lipinski definition) is 0. The van der Waals surface area contributed by atoms with Crippen molar-refractivity contribution in [2.24, 2.45) is 0 Å². The maximum atomic E-state index is 13.1. The van der Waals surface area contributed by atoms with E-state index in [2.05, 4.69) is 4.74 Å². The molecule has 0 saturated heterocycles. The van der Waals surface area contributed by atoms with Gasteiger partial charge in [0.05, 0.1) is 23.4 Å². The first-order chi connectivity index (χ1) is 20.6. The largest absolute Gasteiger partial charge is 0.465 e. The van der Waals surface area contributed by atoms with Gasteiger partial charge in [0.25, 0.3) is 0 Å². The Hall–Kier alpha value is -4.46. The van der Waals surface area contributed by atoms with E-state index in [1.54, 1.807) is 36.4 Å². The number of imidazole rings is 1. The van der Waals surface area contributed by atoms with Crippen molar-refractivity contribution in [2.45, 2.75) is 19.6 Å². The minimum absolute atomic E-state index is 0.102. The Balaban J connectivity index is 1.39. The van der Waals surface area contributed by atoms with Crippen molar-refractivity contribution in [2.75, 3.05) is 7.11 Å². The second-order valence-corrected chi connectivity index (χ2v) is 10.7. The van der Waals surface area contributed by atoms with Crippen molar-refractivity contribution in [3.8, 4) is 28.1 Å². The Labute approximate surface area is 257 Å². The molecule has 0 bridgehead atoms. The number of nitrogens with zero attached hydrogens (tertiary/aromatic N) is 2. The summed E-state index contributed by atoms with van der Waals surface area (Å²) in [4.78, 5) is 16.7. The third-order valence-corrected chi connectivity index (χ3v) is 7.11. The molecular formula is C34H26Cl2F2N2O3. The van der Waals surface area contributed by atoms with Crippen LogP contribution < -0.4 is 4.74 Å². The highest BCUT2D eigenvalue weighted by Crippen LogP contribution is 2.31. The number of aromatic nitrogens is 2. The van der Waals surface area contributed by atoms with Gasteiger partial charge in [0.1, 0.15) is 11.6 Å². The van der Waals surface area contributed by atoms with Crippen LogP contribution in [0.1, 0.15) is 34.2 Å². The zero-order chi connectivity index (χ0) is 30.6. The highest BCUT2D eigenvalue weighted by Gasteiger charge is 2.23. The summed E-state index contributed by atoms with van der Waals surface area (Å²) in [5, 5.41) is 1.03. The van der Waals surface area contributed by atoms with Gasteiger partial charge in [-0.3, -0.25) is 0 Å². The zero-order valence-corrected chi connectivity index (χ0v) is 24.7. The van der Waals surface area contributed by atoms with E-state index >= 15 is 0 Å². The Bertz CT molecular complexity index is 1760. The lowest BCUT2D eigenvalue weighted by Crippen LogP contribution is -2.18. The third-order valence-electron chi connectivity index (χ3n) is 6.56. The Morgan fingerprint density at radius 2 is 1.56 bits per heavy atom. The van der Waals surface area contributed by atoms with E-state index in [-0.39, 0.29) is 5.75 Å². The number of rotatable bonds is 9. The van der Waals surface area contributed by atoms with Crippen molar-refractivity contribution in [3.63, 3.8) is 0 Å². The summed E-state index contributed by atoms with van der Waals surface area (Å²) in [6, 6.07) is 26.9. The first-order valence-corrected chi connectivity index (χ1v) is 14.0. The lowest BCUT2D eigenvalue weighted by Gasteiger charge is -2.13. The molecule has 0 atom stereocenters. The molecule has 0 fully saturated rings. The van der Waals surface area contributed by atoms with E-state index in [4.69, 9.17) is 32.9 Å². The molecule has 0 amide bonds. The topological polar surface area (TPSA) is 53.4 Å². The first-order valence-electron chi connectivity index (χ1n) is 13.2. The molecule has 0 unspecified atom stereocenters. The van der Waals surface area contributed by atoms with E-state index in [1.165, 1.54) is 19.2 Å². The molecule has 218 valence electrons. The van der Waals surface area contributed by atoms with Crippen LogP contribution in [-0.4, -0.2) is 28.7 Å². The lowest BCUT2D eigenvalue weighted by atomic mass is 10.0. The monoisotopic (exact) mass is 618 g/mol. The van der Waals surface area contributed by atoms with Crippen LogP contribution in [-0.2, 0) is 11.3 Å². The highest BCUT2D eigenvalue weighted by molar-refractivity contribution is 6.36. The Kier molecular flexibility index (Phi) is 8.94. The predicted molar refractivity (Wildman–Crippen MR) is 167 cm³/mol. The fourth-order valence-electron chi connectivity index (χ4n) is 4.46. The normalized spacial score (nSPS) is 11.6. The van der Waals surface area contributed by atoms with Gasteiger partial charge in [-0.05, 0) is 70.8 Å². The predicted octanol–water partition coefficient (Wildman–Crippen LogP) is 9.52. The van der Waals surface area contributed by atoms with Gasteiger partial charge in [0, 0.05) is 30.3 Å². The van der Waals surface area contributed by atoms with Crippen molar-refractivity contribution in [3.05, 3.63) is 130 Å². The maximum absolute atomic E-state index is 13.1. The molecule has 4 aromatic carbocycles. The maximum Gasteiger partial charge on any atom is 0.394 e. The Morgan fingerprint density at radius 1 is 0.907 bits per heavy atom. The number of hydrogen-bond acceptors (Lipinski definition) is 4.